The van der Waals surface area contributed by atoms with Crippen LogP contribution in [0.3, 0.4) is 0 Å². The lowest BCUT2D eigenvalue weighted by Gasteiger charge is -2.37. The van der Waals surface area contributed by atoms with Crippen molar-refractivity contribution in [3.05, 3.63) is 23.8 Å². The molecule has 1 amide bonds. The predicted octanol–water partition coefficient (Wildman–Crippen LogP) is 2.48. The Morgan fingerprint density at radius 1 is 1.38 bits per heavy atom. The van der Waals surface area contributed by atoms with Crippen molar-refractivity contribution in [2.45, 2.75) is 63.5 Å². The molecule has 0 bridgehead atoms. The first-order valence-electron chi connectivity index (χ1n) is 11.4. The van der Waals surface area contributed by atoms with Crippen LogP contribution in [-0.4, -0.2) is 67.5 Å². The van der Waals surface area contributed by atoms with Crippen LogP contribution in [0.1, 0.15) is 52.0 Å². The Morgan fingerprint density at radius 2 is 2.09 bits per heavy atom. The van der Waals surface area contributed by atoms with Gasteiger partial charge in [-0.1, -0.05) is 25.7 Å². The summed E-state index contributed by atoms with van der Waals surface area (Å²) in [5, 5.41) is 9.72. The molecular formula is C24H34N2O5S. The summed E-state index contributed by atoms with van der Waals surface area (Å²) in [4.78, 5) is 14.3. The predicted molar refractivity (Wildman–Crippen MR) is 123 cm³/mol. The second-order valence-corrected chi connectivity index (χ2v) is 10.8. The summed E-state index contributed by atoms with van der Waals surface area (Å²) in [5.41, 5.74) is 0.684. The number of aliphatic hydroxyl groups is 1. The molecule has 1 N–H and O–H groups in total. The van der Waals surface area contributed by atoms with Gasteiger partial charge in [0.2, 0.25) is 15.9 Å². The molecule has 1 fully saturated rings. The van der Waals surface area contributed by atoms with Crippen molar-refractivity contribution in [3.8, 4) is 17.6 Å². The molecule has 0 spiro atoms. The summed E-state index contributed by atoms with van der Waals surface area (Å²) in [6.07, 6.45) is 3.15. The van der Waals surface area contributed by atoms with Gasteiger partial charge in [0, 0.05) is 43.5 Å². The highest BCUT2D eigenvalue weighted by molar-refractivity contribution is 7.89. The van der Waals surface area contributed by atoms with Gasteiger partial charge in [-0.15, -0.1) is 0 Å². The monoisotopic (exact) mass is 462 g/mol. The fraction of sp³-hybridized carbons (Fsp3) is 0.625. The molecule has 1 aliphatic heterocycles. The van der Waals surface area contributed by atoms with Crippen molar-refractivity contribution in [1.29, 1.82) is 0 Å². The van der Waals surface area contributed by atoms with Gasteiger partial charge in [-0.2, -0.15) is 4.31 Å². The van der Waals surface area contributed by atoms with E-state index in [9.17, 15) is 18.3 Å². The van der Waals surface area contributed by atoms with Crippen LogP contribution in [0.4, 0.5) is 0 Å². The molecule has 0 unspecified atom stereocenters. The lowest BCUT2D eigenvalue weighted by atomic mass is 10.0. The number of ether oxygens (including phenoxy) is 1. The van der Waals surface area contributed by atoms with Crippen molar-refractivity contribution in [2.75, 3.05) is 26.7 Å². The van der Waals surface area contributed by atoms with Crippen LogP contribution in [-0.2, 0) is 14.8 Å². The molecule has 8 heteroatoms. The zero-order valence-electron chi connectivity index (χ0n) is 19.4. The average Bonchev–Trinajstić information content (AvgIpc) is 3.60. The number of fused-ring (bicyclic) bond motifs is 1. The topological polar surface area (TPSA) is 87.2 Å². The minimum atomic E-state index is -3.88. The number of hydrogen-bond donors (Lipinski definition) is 1. The zero-order chi connectivity index (χ0) is 23.5. The number of amides is 1. The summed E-state index contributed by atoms with van der Waals surface area (Å²) in [5.74, 6) is 6.40. The van der Waals surface area contributed by atoms with E-state index < -0.39 is 22.2 Å². The van der Waals surface area contributed by atoms with E-state index in [2.05, 4.69) is 11.8 Å². The molecule has 1 saturated carbocycles. The summed E-state index contributed by atoms with van der Waals surface area (Å²) in [7, 11) is -2.11. The minimum Gasteiger partial charge on any atom is -0.487 e. The molecular weight excluding hydrogens is 428 g/mol. The van der Waals surface area contributed by atoms with Crippen molar-refractivity contribution >= 4 is 15.9 Å². The Morgan fingerprint density at radius 3 is 2.72 bits per heavy atom. The van der Waals surface area contributed by atoms with Gasteiger partial charge >= 0.3 is 0 Å². The SMILES string of the molecule is CCCC#Cc1ccc2c(c1)O[C@@H](CN(C)C(=O)C1CC1)[C@H](C)CN([C@@H](C)CO)S2(=O)=O. The Hall–Kier alpha value is -2.08. The minimum absolute atomic E-state index is 0.0620. The Labute approximate surface area is 191 Å². The molecule has 0 aromatic heterocycles. The van der Waals surface area contributed by atoms with Crippen LogP contribution in [0.5, 0.6) is 5.75 Å². The maximum Gasteiger partial charge on any atom is 0.247 e. The van der Waals surface area contributed by atoms with Crippen LogP contribution < -0.4 is 4.74 Å². The molecule has 2 aliphatic rings. The Kier molecular flexibility index (Phi) is 7.86. The summed E-state index contributed by atoms with van der Waals surface area (Å²) in [6.45, 7) is 5.93. The molecule has 32 heavy (non-hydrogen) atoms. The third kappa shape index (κ3) is 5.45. The van der Waals surface area contributed by atoms with E-state index in [4.69, 9.17) is 4.74 Å². The zero-order valence-corrected chi connectivity index (χ0v) is 20.2. The Balaban J connectivity index is 2.01. The highest BCUT2D eigenvalue weighted by Crippen LogP contribution is 2.35. The van der Waals surface area contributed by atoms with Gasteiger partial charge in [0.05, 0.1) is 13.2 Å². The summed E-state index contributed by atoms with van der Waals surface area (Å²) in [6, 6.07) is 4.31. The molecule has 3 rings (SSSR count). The van der Waals surface area contributed by atoms with E-state index in [1.54, 1.807) is 31.0 Å². The number of nitrogens with zero attached hydrogens (tertiary/aromatic N) is 2. The number of carbonyl (C=O) groups excluding carboxylic acids is 1. The fourth-order valence-electron chi connectivity index (χ4n) is 3.81. The maximum atomic E-state index is 13.5. The van der Waals surface area contributed by atoms with E-state index in [1.165, 1.54) is 10.4 Å². The summed E-state index contributed by atoms with van der Waals surface area (Å²) < 4.78 is 34.6. The van der Waals surface area contributed by atoms with Gasteiger partial charge in [-0.3, -0.25) is 4.79 Å². The van der Waals surface area contributed by atoms with Crippen LogP contribution in [0.15, 0.2) is 23.1 Å². The molecule has 176 valence electrons. The number of sulfonamides is 1. The highest BCUT2D eigenvalue weighted by atomic mass is 32.2. The van der Waals surface area contributed by atoms with Gasteiger partial charge in [0.1, 0.15) is 16.7 Å². The number of carbonyl (C=O) groups is 1. The lowest BCUT2D eigenvalue weighted by molar-refractivity contribution is -0.132. The van der Waals surface area contributed by atoms with Gasteiger partial charge in [0.15, 0.2) is 0 Å². The maximum absolute atomic E-state index is 13.5. The van der Waals surface area contributed by atoms with E-state index in [-0.39, 0.29) is 41.5 Å². The molecule has 1 aromatic rings. The third-order valence-corrected chi connectivity index (χ3v) is 8.05. The second kappa shape index (κ2) is 10.2. The van der Waals surface area contributed by atoms with Crippen LogP contribution in [0.2, 0.25) is 0 Å². The van der Waals surface area contributed by atoms with Gasteiger partial charge < -0.3 is 14.7 Å². The van der Waals surface area contributed by atoms with Crippen molar-refractivity contribution in [3.63, 3.8) is 0 Å². The van der Waals surface area contributed by atoms with E-state index >= 15 is 0 Å². The molecule has 7 nitrogen and oxygen atoms in total. The van der Waals surface area contributed by atoms with E-state index in [1.807, 2.05) is 13.8 Å². The van der Waals surface area contributed by atoms with Crippen LogP contribution in [0, 0.1) is 23.7 Å². The number of rotatable bonds is 6. The number of hydrogen-bond acceptors (Lipinski definition) is 5. The molecule has 1 heterocycles. The van der Waals surface area contributed by atoms with Crippen molar-refractivity contribution in [2.24, 2.45) is 11.8 Å². The molecule has 0 saturated heterocycles. The standard InChI is InChI=1S/C24H34N2O5S/c1-5-6-7-8-19-9-12-23-21(13-19)31-22(15-25(4)24(28)20-10-11-20)17(2)14-26(18(3)16-27)32(23,29)30/h9,12-13,17-18,20,22,27H,5-6,10-11,14-16H2,1-4H3/t17-,18+,22+/m1/s1. The molecule has 1 aromatic carbocycles. The van der Waals surface area contributed by atoms with Crippen molar-refractivity contribution < 1.29 is 23.1 Å². The highest BCUT2D eigenvalue weighted by Gasteiger charge is 2.39. The quantitative estimate of drug-likeness (QED) is 0.657. The van der Waals surface area contributed by atoms with Gasteiger partial charge in [0.25, 0.3) is 0 Å². The lowest BCUT2D eigenvalue weighted by Crippen LogP contribution is -2.50. The van der Waals surface area contributed by atoms with E-state index in [0.29, 0.717) is 12.1 Å². The summed E-state index contributed by atoms with van der Waals surface area (Å²) >= 11 is 0. The number of benzene rings is 1. The van der Waals surface area contributed by atoms with Crippen molar-refractivity contribution in [1.82, 2.24) is 9.21 Å². The largest absolute Gasteiger partial charge is 0.487 e. The first-order chi connectivity index (χ1) is 15.2. The van der Waals surface area contributed by atoms with E-state index in [0.717, 1.165) is 25.7 Å². The number of aliphatic hydroxyl groups excluding tert-OH is 1. The fourth-order valence-corrected chi connectivity index (χ4v) is 5.64. The smallest absolute Gasteiger partial charge is 0.247 e. The molecule has 1 aliphatic carbocycles. The average molecular weight is 463 g/mol. The normalized spacial score (nSPS) is 23.5. The first-order valence-corrected chi connectivity index (χ1v) is 12.8. The van der Waals surface area contributed by atoms with Crippen LogP contribution >= 0.6 is 0 Å². The first kappa shape index (κ1) is 24.6. The third-order valence-electron chi connectivity index (χ3n) is 6.03. The Bertz CT molecular complexity index is 993. The van der Waals surface area contributed by atoms with Gasteiger partial charge in [-0.05, 0) is 44.4 Å². The molecule has 3 atom stereocenters. The number of unbranched alkanes of at least 4 members (excludes halogenated alkanes) is 1. The van der Waals surface area contributed by atoms with Crippen LogP contribution in [0.25, 0.3) is 0 Å². The molecule has 0 radical (unpaired) electrons. The number of likely N-dealkylation sites (N-methyl/N-ethyl adjacent to an activating group) is 1. The second-order valence-electron chi connectivity index (χ2n) is 8.95. The van der Waals surface area contributed by atoms with Gasteiger partial charge in [-0.25, -0.2) is 8.42 Å².